The normalized spacial score (nSPS) is 13.8. The summed E-state index contributed by atoms with van der Waals surface area (Å²) in [7, 11) is 0. The highest BCUT2D eigenvalue weighted by atomic mass is 16.3. The Labute approximate surface area is 434 Å². The van der Waals surface area contributed by atoms with E-state index in [0.29, 0.717) is 17.5 Å². The van der Waals surface area contributed by atoms with Crippen molar-refractivity contribution >= 4 is 21.9 Å². The molecule has 0 aliphatic heterocycles. The van der Waals surface area contributed by atoms with Crippen molar-refractivity contribution in [3.05, 3.63) is 305 Å². The Hall–Kier alpha value is -9.77. The summed E-state index contributed by atoms with van der Waals surface area (Å²) < 4.78 is 7.07. The van der Waals surface area contributed by atoms with Crippen LogP contribution < -0.4 is 0 Å². The Balaban J connectivity index is 0.908. The van der Waals surface area contributed by atoms with Crippen LogP contribution in [0.4, 0.5) is 0 Å². The summed E-state index contributed by atoms with van der Waals surface area (Å²) in [6.45, 7) is 0. The summed E-state index contributed by atoms with van der Waals surface area (Å²) in [6.07, 6.45) is 0. The van der Waals surface area contributed by atoms with Gasteiger partial charge in [-0.25, -0.2) is 15.0 Å². The molecule has 0 atom stereocenters. The topological polar surface area (TPSA) is 51.8 Å². The van der Waals surface area contributed by atoms with E-state index in [1.807, 2.05) is 24.3 Å². The van der Waals surface area contributed by atoms with Crippen molar-refractivity contribution in [2.75, 3.05) is 0 Å². The number of hydrogen-bond donors (Lipinski definition) is 0. The monoisotopic (exact) mass is 953 g/mol. The molecule has 348 valence electrons. The van der Waals surface area contributed by atoms with Crippen LogP contribution in [-0.4, -0.2) is 15.0 Å². The number of benzene rings is 11. The van der Waals surface area contributed by atoms with Crippen molar-refractivity contribution in [3.8, 4) is 78.7 Å². The van der Waals surface area contributed by atoms with Crippen LogP contribution in [0.1, 0.15) is 44.5 Å². The van der Waals surface area contributed by atoms with Crippen molar-refractivity contribution in [1.82, 2.24) is 15.0 Å². The lowest BCUT2D eigenvalue weighted by molar-refractivity contribution is 0.631. The molecule has 0 fully saturated rings. The first-order chi connectivity index (χ1) is 37.2. The summed E-state index contributed by atoms with van der Waals surface area (Å²) in [4.78, 5) is 15.4. The van der Waals surface area contributed by atoms with Gasteiger partial charge in [-0.3, -0.25) is 0 Å². The summed E-state index contributed by atoms with van der Waals surface area (Å²) in [5.74, 6) is 1.86. The van der Waals surface area contributed by atoms with Gasteiger partial charge in [0.05, 0.1) is 10.8 Å². The van der Waals surface area contributed by atoms with Gasteiger partial charge in [-0.2, -0.15) is 0 Å². The molecule has 11 aromatic carbocycles. The third-order valence-corrected chi connectivity index (χ3v) is 16.4. The average Bonchev–Trinajstić information content (AvgIpc) is 4.19. The number of rotatable bonds is 5. The fourth-order valence-corrected chi connectivity index (χ4v) is 13.4. The fourth-order valence-electron chi connectivity index (χ4n) is 13.4. The minimum absolute atomic E-state index is 0.529. The molecule has 4 nitrogen and oxygen atoms in total. The van der Waals surface area contributed by atoms with Crippen molar-refractivity contribution in [1.29, 1.82) is 0 Å². The van der Waals surface area contributed by atoms with Crippen LogP contribution in [0.3, 0.4) is 0 Å². The molecule has 16 rings (SSSR count). The molecule has 4 heteroatoms. The number of nitrogens with zero attached hydrogens (tertiary/aromatic N) is 3. The zero-order valence-electron chi connectivity index (χ0n) is 40.6. The second-order valence-electron chi connectivity index (χ2n) is 20.1. The zero-order chi connectivity index (χ0) is 49.2. The molecule has 0 saturated heterocycles. The van der Waals surface area contributed by atoms with Crippen LogP contribution in [0.25, 0.3) is 101 Å². The number of fused-ring (bicyclic) bond motifs is 20. The summed E-state index contributed by atoms with van der Waals surface area (Å²) >= 11 is 0. The van der Waals surface area contributed by atoms with Crippen molar-refractivity contribution in [3.63, 3.8) is 0 Å². The summed E-state index contributed by atoms with van der Waals surface area (Å²) in [6, 6.07) is 94.7. The maximum Gasteiger partial charge on any atom is 0.164 e. The molecule has 0 radical (unpaired) electrons. The van der Waals surface area contributed by atoms with Crippen LogP contribution in [0.2, 0.25) is 0 Å². The molecular weight excluding hydrogens is 911 g/mol. The van der Waals surface area contributed by atoms with E-state index in [0.717, 1.165) is 72.0 Å². The van der Waals surface area contributed by atoms with Gasteiger partial charge in [0.2, 0.25) is 0 Å². The molecule has 0 unspecified atom stereocenters. The van der Waals surface area contributed by atoms with E-state index in [1.165, 1.54) is 55.6 Å². The predicted molar refractivity (Wildman–Crippen MR) is 302 cm³/mol. The van der Waals surface area contributed by atoms with Gasteiger partial charge in [-0.05, 0) is 102 Å². The molecule has 0 saturated carbocycles. The lowest BCUT2D eigenvalue weighted by Gasteiger charge is -2.48. The van der Waals surface area contributed by atoms with Gasteiger partial charge in [0, 0.05) is 33.0 Å². The zero-order valence-corrected chi connectivity index (χ0v) is 40.6. The third-order valence-electron chi connectivity index (χ3n) is 16.4. The van der Waals surface area contributed by atoms with Gasteiger partial charge in [0.1, 0.15) is 11.2 Å². The number of aromatic nitrogens is 3. The third kappa shape index (κ3) is 5.79. The molecule has 2 spiro atoms. The summed E-state index contributed by atoms with van der Waals surface area (Å²) in [5.41, 5.74) is 23.0. The standard InChI is InChI=1S/C71H43N3O/c1-3-18-44(19-4-1)45-34-36-47(37-35-45)68-72-67(46-20-5-2-6-21-46)73-69(74-68)50-23-17-22-48(42-50)49-38-40-58-55(43-49)65-63(41-39-54-53-26-9-16-33-64(53)75-66(54)65)71(58)61-31-14-12-29-59(61)70(60-30-13-15-32-62(60)71)56-27-10-7-24-51(56)52-25-8-11-28-57(52)70/h1-43H. The predicted octanol–water partition coefficient (Wildman–Crippen LogP) is 17.1. The Morgan fingerprint density at radius 2 is 0.667 bits per heavy atom. The Kier molecular flexibility index (Phi) is 8.84. The van der Waals surface area contributed by atoms with Crippen molar-refractivity contribution in [2.45, 2.75) is 10.8 Å². The van der Waals surface area contributed by atoms with Crippen molar-refractivity contribution in [2.24, 2.45) is 0 Å². The Bertz CT molecular complexity index is 4380. The highest BCUT2D eigenvalue weighted by Gasteiger charge is 2.59. The minimum Gasteiger partial charge on any atom is -0.455 e. The number of hydrogen-bond acceptors (Lipinski definition) is 4. The van der Waals surface area contributed by atoms with Crippen LogP contribution in [0.5, 0.6) is 0 Å². The lowest BCUT2D eigenvalue weighted by atomic mass is 9.52. The SMILES string of the molecule is c1ccc(-c2ccc(-c3nc(-c4ccccc4)nc(-c4cccc(-c5ccc6c(c5)-c5c(ccc7c5oc5ccccc57)C65c6ccccc6C6(c7ccccc7-c7ccccc76)c6ccccc65)c4)n3)cc2)cc1. The van der Waals surface area contributed by atoms with E-state index in [4.69, 9.17) is 19.4 Å². The summed E-state index contributed by atoms with van der Waals surface area (Å²) in [5, 5.41) is 2.23. The first kappa shape index (κ1) is 41.8. The van der Waals surface area contributed by atoms with Crippen LogP contribution in [-0.2, 0) is 10.8 Å². The molecule has 0 amide bonds. The largest absolute Gasteiger partial charge is 0.455 e. The smallest absolute Gasteiger partial charge is 0.164 e. The maximum atomic E-state index is 7.07. The van der Waals surface area contributed by atoms with Crippen molar-refractivity contribution < 1.29 is 4.42 Å². The molecule has 75 heavy (non-hydrogen) atoms. The van der Waals surface area contributed by atoms with E-state index in [2.05, 4.69) is 237 Å². The molecule has 13 aromatic rings. The first-order valence-corrected chi connectivity index (χ1v) is 25.7. The molecule has 3 aliphatic rings. The minimum atomic E-state index is -0.669. The molecule has 2 heterocycles. The van der Waals surface area contributed by atoms with Crippen LogP contribution in [0, 0.1) is 0 Å². The fraction of sp³-hybridized carbons (Fsp3) is 0.0282. The van der Waals surface area contributed by atoms with E-state index in [9.17, 15) is 0 Å². The number of para-hydroxylation sites is 1. The van der Waals surface area contributed by atoms with Crippen LogP contribution in [0.15, 0.2) is 265 Å². The second kappa shape index (κ2) is 15.9. The molecular formula is C71H43N3O. The van der Waals surface area contributed by atoms with E-state index >= 15 is 0 Å². The molecule has 2 aromatic heterocycles. The van der Waals surface area contributed by atoms with E-state index in [1.54, 1.807) is 0 Å². The second-order valence-corrected chi connectivity index (χ2v) is 20.1. The first-order valence-electron chi connectivity index (χ1n) is 25.7. The van der Waals surface area contributed by atoms with Gasteiger partial charge < -0.3 is 4.42 Å². The van der Waals surface area contributed by atoms with Gasteiger partial charge in [0.15, 0.2) is 17.5 Å². The lowest BCUT2D eigenvalue weighted by Crippen LogP contribution is -2.43. The molecule has 0 N–H and O–H groups in total. The number of furan rings is 1. The van der Waals surface area contributed by atoms with Crippen LogP contribution >= 0.6 is 0 Å². The van der Waals surface area contributed by atoms with E-state index < -0.39 is 10.8 Å². The quantitative estimate of drug-likeness (QED) is 0.172. The molecule has 3 aliphatic carbocycles. The van der Waals surface area contributed by atoms with Gasteiger partial charge in [-0.15, -0.1) is 0 Å². The Morgan fingerprint density at radius 1 is 0.253 bits per heavy atom. The van der Waals surface area contributed by atoms with Gasteiger partial charge in [-0.1, -0.05) is 243 Å². The molecule has 0 bridgehead atoms. The van der Waals surface area contributed by atoms with Gasteiger partial charge >= 0.3 is 0 Å². The van der Waals surface area contributed by atoms with E-state index in [-0.39, 0.29) is 0 Å². The average molecular weight is 954 g/mol. The Morgan fingerprint density at radius 3 is 1.31 bits per heavy atom. The highest BCUT2D eigenvalue weighted by Crippen LogP contribution is 2.68. The maximum absolute atomic E-state index is 7.07. The van der Waals surface area contributed by atoms with Gasteiger partial charge in [0.25, 0.3) is 0 Å². The highest BCUT2D eigenvalue weighted by molar-refractivity contribution is 6.13.